The Morgan fingerprint density at radius 3 is 2.59 bits per heavy atom. The Bertz CT molecular complexity index is 870. The first-order chi connectivity index (χ1) is 14.0. The van der Waals surface area contributed by atoms with Crippen molar-refractivity contribution in [1.82, 2.24) is 10.2 Å². The molecule has 154 valence electrons. The Kier molecular flexibility index (Phi) is 8.28. The summed E-state index contributed by atoms with van der Waals surface area (Å²) in [6.45, 7) is 2.06. The van der Waals surface area contributed by atoms with Crippen LogP contribution in [0.15, 0.2) is 42.5 Å². The van der Waals surface area contributed by atoms with E-state index in [4.69, 9.17) is 23.2 Å². The number of rotatable bonds is 7. The molecule has 0 bridgehead atoms. The molecular weight excluding hydrogens is 427 g/mol. The number of thioether (sulfide) groups is 1. The topological polar surface area (TPSA) is 49.4 Å². The normalized spacial score (nSPS) is 13.9. The predicted molar refractivity (Wildman–Crippen MR) is 121 cm³/mol. The van der Waals surface area contributed by atoms with Crippen LogP contribution < -0.4 is 5.32 Å². The Balaban J connectivity index is 1.45. The van der Waals surface area contributed by atoms with Gasteiger partial charge in [0.15, 0.2) is 0 Å². The first kappa shape index (κ1) is 22.0. The summed E-state index contributed by atoms with van der Waals surface area (Å²) in [5.41, 5.74) is 2.56. The quantitative estimate of drug-likeness (QED) is 0.632. The van der Waals surface area contributed by atoms with E-state index in [9.17, 15) is 9.59 Å². The number of halogens is 2. The minimum atomic E-state index is -0.0483. The number of amides is 2. The summed E-state index contributed by atoms with van der Waals surface area (Å²) >= 11 is 13.5. The monoisotopic (exact) mass is 450 g/mol. The average Bonchev–Trinajstić information content (AvgIpc) is 2.74. The van der Waals surface area contributed by atoms with Gasteiger partial charge in [-0.25, -0.2) is 0 Å². The van der Waals surface area contributed by atoms with Gasteiger partial charge in [-0.3, -0.25) is 9.59 Å². The summed E-state index contributed by atoms with van der Waals surface area (Å²) in [6, 6.07) is 12.9. The van der Waals surface area contributed by atoms with Crippen molar-refractivity contribution in [2.24, 2.45) is 0 Å². The molecule has 1 saturated heterocycles. The molecule has 0 unspecified atom stereocenters. The second kappa shape index (κ2) is 10.9. The van der Waals surface area contributed by atoms with E-state index in [1.807, 2.05) is 35.2 Å². The summed E-state index contributed by atoms with van der Waals surface area (Å²) in [4.78, 5) is 26.7. The van der Waals surface area contributed by atoms with Gasteiger partial charge < -0.3 is 10.2 Å². The van der Waals surface area contributed by atoms with Crippen molar-refractivity contribution in [3.63, 3.8) is 0 Å². The molecule has 1 heterocycles. The van der Waals surface area contributed by atoms with Gasteiger partial charge in [0.25, 0.3) is 5.91 Å². The molecule has 3 rings (SSSR count). The number of nitrogens with one attached hydrogen (secondary N) is 1. The number of carbonyl (C=O) groups is 2. The van der Waals surface area contributed by atoms with E-state index >= 15 is 0 Å². The minimum Gasteiger partial charge on any atom is -0.351 e. The predicted octanol–water partition coefficient (Wildman–Crippen LogP) is 5.17. The van der Waals surface area contributed by atoms with Crippen molar-refractivity contribution in [2.45, 2.75) is 31.6 Å². The SMILES string of the molecule is O=C(CSCc1ccc(Cl)cc1Cl)NCc1cccc(C(=O)N2CCCCC2)c1. The summed E-state index contributed by atoms with van der Waals surface area (Å²) in [5, 5.41) is 4.13. The van der Waals surface area contributed by atoms with Crippen molar-refractivity contribution in [1.29, 1.82) is 0 Å². The van der Waals surface area contributed by atoms with Crippen LogP contribution in [0.2, 0.25) is 10.0 Å². The number of nitrogens with zero attached hydrogens (tertiary/aromatic N) is 1. The van der Waals surface area contributed by atoms with Crippen LogP contribution in [0.5, 0.6) is 0 Å². The molecule has 7 heteroatoms. The summed E-state index contributed by atoms with van der Waals surface area (Å²) in [5.74, 6) is 1.01. The lowest BCUT2D eigenvalue weighted by molar-refractivity contribution is -0.118. The molecule has 0 aliphatic carbocycles. The highest BCUT2D eigenvalue weighted by molar-refractivity contribution is 7.99. The van der Waals surface area contributed by atoms with Crippen LogP contribution >= 0.6 is 35.0 Å². The molecule has 1 N–H and O–H groups in total. The highest BCUT2D eigenvalue weighted by atomic mass is 35.5. The first-order valence-electron chi connectivity index (χ1n) is 9.69. The van der Waals surface area contributed by atoms with E-state index in [1.165, 1.54) is 18.2 Å². The average molecular weight is 451 g/mol. The maximum Gasteiger partial charge on any atom is 0.253 e. The number of hydrogen-bond donors (Lipinski definition) is 1. The van der Waals surface area contributed by atoms with Crippen LogP contribution in [0.25, 0.3) is 0 Å². The molecular formula is C22H24Cl2N2O2S. The second-order valence-corrected chi connectivity index (χ2v) is 8.89. The lowest BCUT2D eigenvalue weighted by Gasteiger charge is -2.26. The Morgan fingerprint density at radius 1 is 1.03 bits per heavy atom. The van der Waals surface area contributed by atoms with E-state index in [0.29, 0.717) is 33.7 Å². The maximum atomic E-state index is 12.6. The lowest BCUT2D eigenvalue weighted by Crippen LogP contribution is -2.35. The number of benzene rings is 2. The van der Waals surface area contributed by atoms with Crippen molar-refractivity contribution < 1.29 is 9.59 Å². The van der Waals surface area contributed by atoms with Crippen LogP contribution in [0, 0.1) is 0 Å². The fraction of sp³-hybridized carbons (Fsp3) is 0.364. The number of carbonyl (C=O) groups excluding carboxylic acids is 2. The Hall–Kier alpha value is -1.69. The summed E-state index contributed by atoms with van der Waals surface area (Å²) < 4.78 is 0. The third-order valence-corrected chi connectivity index (χ3v) is 6.38. The van der Waals surface area contributed by atoms with E-state index < -0.39 is 0 Å². The van der Waals surface area contributed by atoms with E-state index in [0.717, 1.165) is 37.1 Å². The zero-order valence-electron chi connectivity index (χ0n) is 16.1. The van der Waals surface area contributed by atoms with Gasteiger partial charge in [-0.2, -0.15) is 0 Å². The highest BCUT2D eigenvalue weighted by Crippen LogP contribution is 2.24. The number of hydrogen-bond acceptors (Lipinski definition) is 3. The van der Waals surface area contributed by atoms with Gasteiger partial charge in [0, 0.05) is 41.0 Å². The molecule has 0 aromatic heterocycles. The third-order valence-electron chi connectivity index (χ3n) is 4.81. The molecule has 1 aliphatic rings. The van der Waals surface area contributed by atoms with Crippen molar-refractivity contribution >= 4 is 46.8 Å². The van der Waals surface area contributed by atoms with Crippen molar-refractivity contribution in [3.8, 4) is 0 Å². The van der Waals surface area contributed by atoms with Gasteiger partial charge in [0.2, 0.25) is 5.91 Å². The third kappa shape index (κ3) is 6.66. The van der Waals surface area contributed by atoms with Gasteiger partial charge in [-0.05, 0) is 54.7 Å². The first-order valence-corrected chi connectivity index (χ1v) is 11.6. The van der Waals surface area contributed by atoms with Crippen LogP contribution in [0.1, 0.15) is 40.7 Å². The van der Waals surface area contributed by atoms with Gasteiger partial charge in [0.05, 0.1) is 5.75 Å². The fourth-order valence-corrected chi connectivity index (χ4v) is 4.65. The molecule has 1 aliphatic heterocycles. The molecule has 0 saturated carbocycles. The molecule has 1 fully saturated rings. The van der Waals surface area contributed by atoms with Crippen LogP contribution in [-0.2, 0) is 17.1 Å². The molecule has 2 aromatic rings. The summed E-state index contributed by atoms with van der Waals surface area (Å²) in [6.07, 6.45) is 3.33. The van der Waals surface area contributed by atoms with E-state index in [1.54, 1.807) is 12.1 Å². The molecule has 2 amide bonds. The number of likely N-dealkylation sites (tertiary alicyclic amines) is 1. The molecule has 29 heavy (non-hydrogen) atoms. The minimum absolute atomic E-state index is 0.0483. The smallest absolute Gasteiger partial charge is 0.253 e. The zero-order chi connectivity index (χ0) is 20.6. The molecule has 0 spiro atoms. The van der Waals surface area contributed by atoms with Crippen LogP contribution in [0.4, 0.5) is 0 Å². The van der Waals surface area contributed by atoms with Crippen molar-refractivity contribution in [3.05, 3.63) is 69.2 Å². The number of piperidine rings is 1. The molecule has 0 atom stereocenters. The van der Waals surface area contributed by atoms with Crippen molar-refractivity contribution in [2.75, 3.05) is 18.8 Å². The van der Waals surface area contributed by atoms with Gasteiger partial charge in [-0.1, -0.05) is 41.4 Å². The largest absolute Gasteiger partial charge is 0.351 e. The lowest BCUT2D eigenvalue weighted by atomic mass is 10.1. The van der Waals surface area contributed by atoms with Gasteiger partial charge >= 0.3 is 0 Å². The molecule has 4 nitrogen and oxygen atoms in total. The maximum absolute atomic E-state index is 12.6. The Morgan fingerprint density at radius 2 is 1.83 bits per heavy atom. The van der Waals surface area contributed by atoms with Crippen LogP contribution in [0.3, 0.4) is 0 Å². The Labute approximate surface area is 185 Å². The molecule has 0 radical (unpaired) electrons. The van der Waals surface area contributed by atoms with Gasteiger partial charge in [0.1, 0.15) is 0 Å². The van der Waals surface area contributed by atoms with Gasteiger partial charge in [-0.15, -0.1) is 11.8 Å². The van der Waals surface area contributed by atoms with E-state index in [2.05, 4.69) is 5.32 Å². The molecule has 2 aromatic carbocycles. The van der Waals surface area contributed by atoms with Crippen LogP contribution in [-0.4, -0.2) is 35.6 Å². The zero-order valence-corrected chi connectivity index (χ0v) is 18.5. The fourth-order valence-electron chi connectivity index (χ4n) is 3.24. The van der Waals surface area contributed by atoms with E-state index in [-0.39, 0.29) is 11.8 Å². The highest BCUT2D eigenvalue weighted by Gasteiger charge is 2.18. The standard InChI is InChI=1S/C22H24Cl2N2O2S/c23-19-8-7-18(20(24)12-19)14-29-15-21(27)25-13-16-5-4-6-17(11-16)22(28)26-9-2-1-3-10-26/h4-8,11-12H,1-3,9-10,13-15H2,(H,25,27). The summed E-state index contributed by atoms with van der Waals surface area (Å²) in [7, 11) is 0. The second-order valence-electron chi connectivity index (χ2n) is 7.06.